The van der Waals surface area contributed by atoms with Crippen molar-refractivity contribution in [2.45, 2.75) is 31.5 Å². The number of halogens is 1. The Morgan fingerprint density at radius 1 is 1.24 bits per heavy atom. The summed E-state index contributed by atoms with van der Waals surface area (Å²) >= 11 is 0. The molecule has 25 heavy (non-hydrogen) atoms. The number of fused-ring (bicyclic) bond motifs is 1. The standard InChI is InChI=1S/C18H17FN2O4/c1-2-16(21(24)25)18(23)13-8-4-6-10-15(13)20(17(18)22)11-12-7-3-5-9-14(12)19/h3-10,16,23H,2,11H2,1H3. The predicted octanol–water partition coefficient (Wildman–Crippen LogP) is 2.62. The van der Waals surface area contributed by atoms with E-state index in [1.165, 1.54) is 29.2 Å². The molecule has 2 aromatic rings. The summed E-state index contributed by atoms with van der Waals surface area (Å²) in [4.78, 5) is 24.9. The third-order valence-electron chi connectivity index (χ3n) is 4.59. The molecule has 2 atom stereocenters. The van der Waals surface area contributed by atoms with E-state index in [-0.39, 0.29) is 24.1 Å². The zero-order valence-corrected chi connectivity index (χ0v) is 13.6. The molecule has 1 aliphatic rings. The molecular formula is C18H17FN2O4. The number of rotatable bonds is 5. The number of para-hydroxylation sites is 1. The fourth-order valence-corrected chi connectivity index (χ4v) is 3.33. The number of hydrogen-bond donors (Lipinski definition) is 1. The summed E-state index contributed by atoms with van der Waals surface area (Å²) in [6.07, 6.45) is -0.0168. The monoisotopic (exact) mass is 344 g/mol. The average Bonchev–Trinajstić information content (AvgIpc) is 2.80. The van der Waals surface area contributed by atoms with Gasteiger partial charge in [0.2, 0.25) is 5.60 Å². The summed E-state index contributed by atoms with van der Waals surface area (Å²) in [7, 11) is 0. The first-order chi connectivity index (χ1) is 11.9. The van der Waals surface area contributed by atoms with Crippen molar-refractivity contribution in [3.8, 4) is 0 Å². The number of hydrogen-bond acceptors (Lipinski definition) is 4. The minimum Gasteiger partial charge on any atom is -0.370 e. The van der Waals surface area contributed by atoms with Gasteiger partial charge in [-0.25, -0.2) is 4.39 Å². The van der Waals surface area contributed by atoms with Gasteiger partial charge in [0.1, 0.15) is 5.82 Å². The maximum Gasteiger partial charge on any atom is 0.271 e. The number of benzene rings is 2. The Morgan fingerprint density at radius 2 is 1.88 bits per heavy atom. The fourth-order valence-electron chi connectivity index (χ4n) is 3.33. The highest BCUT2D eigenvalue weighted by Gasteiger charge is 2.59. The molecule has 0 fully saturated rings. The molecule has 0 aromatic heterocycles. The molecule has 1 heterocycles. The largest absolute Gasteiger partial charge is 0.370 e. The van der Waals surface area contributed by atoms with E-state index >= 15 is 0 Å². The van der Waals surface area contributed by atoms with Crippen LogP contribution in [0.5, 0.6) is 0 Å². The van der Waals surface area contributed by atoms with Crippen LogP contribution >= 0.6 is 0 Å². The highest BCUT2D eigenvalue weighted by Crippen LogP contribution is 2.44. The van der Waals surface area contributed by atoms with Crippen molar-refractivity contribution in [1.82, 2.24) is 0 Å². The highest BCUT2D eigenvalue weighted by atomic mass is 19.1. The van der Waals surface area contributed by atoms with Gasteiger partial charge in [0.05, 0.1) is 12.2 Å². The van der Waals surface area contributed by atoms with E-state index in [2.05, 4.69) is 0 Å². The molecule has 0 saturated heterocycles. The van der Waals surface area contributed by atoms with Gasteiger partial charge >= 0.3 is 0 Å². The van der Waals surface area contributed by atoms with Crippen molar-refractivity contribution < 1.29 is 19.2 Å². The second-order valence-electron chi connectivity index (χ2n) is 5.98. The van der Waals surface area contributed by atoms with E-state index in [1.54, 1.807) is 31.2 Å². The number of carbonyl (C=O) groups excluding carboxylic acids is 1. The Hall–Kier alpha value is -2.80. The van der Waals surface area contributed by atoms with Crippen LogP contribution in [0, 0.1) is 15.9 Å². The Kier molecular flexibility index (Phi) is 4.26. The van der Waals surface area contributed by atoms with Crippen LogP contribution in [-0.4, -0.2) is 22.0 Å². The number of nitro groups is 1. The Morgan fingerprint density at radius 3 is 2.52 bits per heavy atom. The number of nitrogens with zero attached hydrogens (tertiary/aromatic N) is 2. The lowest BCUT2D eigenvalue weighted by molar-refractivity contribution is -0.543. The van der Waals surface area contributed by atoms with E-state index < -0.39 is 28.3 Å². The van der Waals surface area contributed by atoms with Crippen molar-refractivity contribution >= 4 is 11.6 Å². The molecule has 0 saturated carbocycles. The molecule has 1 aliphatic heterocycles. The topological polar surface area (TPSA) is 83.7 Å². The Labute approximate surface area is 143 Å². The van der Waals surface area contributed by atoms with Crippen molar-refractivity contribution in [3.63, 3.8) is 0 Å². The second kappa shape index (κ2) is 6.25. The van der Waals surface area contributed by atoms with E-state index in [1.807, 2.05) is 0 Å². The molecule has 0 spiro atoms. The summed E-state index contributed by atoms with van der Waals surface area (Å²) in [6.45, 7) is 1.43. The minimum absolute atomic E-state index is 0.0168. The van der Waals surface area contributed by atoms with Gasteiger partial charge in [-0.1, -0.05) is 43.3 Å². The minimum atomic E-state index is -2.26. The van der Waals surface area contributed by atoms with E-state index in [4.69, 9.17) is 0 Å². The number of anilines is 1. The first-order valence-corrected chi connectivity index (χ1v) is 7.92. The van der Waals surface area contributed by atoms with Crippen molar-refractivity contribution in [2.75, 3.05) is 4.90 Å². The zero-order chi connectivity index (χ0) is 18.2. The molecule has 1 N–H and O–H groups in total. The maximum absolute atomic E-state index is 14.0. The lowest BCUT2D eigenvalue weighted by atomic mass is 9.86. The first-order valence-electron chi connectivity index (χ1n) is 7.92. The molecule has 2 aromatic carbocycles. The third-order valence-corrected chi connectivity index (χ3v) is 4.59. The van der Waals surface area contributed by atoms with Crippen LogP contribution in [0.1, 0.15) is 24.5 Å². The van der Waals surface area contributed by atoms with Gasteiger partial charge in [-0.2, -0.15) is 0 Å². The molecule has 2 unspecified atom stereocenters. The van der Waals surface area contributed by atoms with Gasteiger partial charge in [0, 0.05) is 22.5 Å². The van der Waals surface area contributed by atoms with Crippen LogP contribution in [0.2, 0.25) is 0 Å². The van der Waals surface area contributed by atoms with Crippen LogP contribution < -0.4 is 4.90 Å². The van der Waals surface area contributed by atoms with Gasteiger partial charge in [0.25, 0.3) is 11.9 Å². The smallest absolute Gasteiger partial charge is 0.271 e. The maximum atomic E-state index is 14.0. The second-order valence-corrected chi connectivity index (χ2v) is 5.98. The van der Waals surface area contributed by atoms with E-state index in [9.17, 15) is 24.4 Å². The summed E-state index contributed by atoms with van der Waals surface area (Å²) in [5, 5.41) is 22.4. The molecule has 0 aliphatic carbocycles. The summed E-state index contributed by atoms with van der Waals surface area (Å²) < 4.78 is 14.0. The predicted molar refractivity (Wildman–Crippen MR) is 89.0 cm³/mol. The highest BCUT2D eigenvalue weighted by molar-refractivity contribution is 6.07. The lowest BCUT2D eigenvalue weighted by Gasteiger charge is -2.25. The average molecular weight is 344 g/mol. The molecule has 1 amide bonds. The normalized spacial score (nSPS) is 20.4. The van der Waals surface area contributed by atoms with Gasteiger partial charge in [-0.3, -0.25) is 14.9 Å². The quantitative estimate of drug-likeness (QED) is 0.667. The van der Waals surface area contributed by atoms with Gasteiger partial charge in [0.15, 0.2) is 0 Å². The van der Waals surface area contributed by atoms with Crippen LogP contribution in [0.3, 0.4) is 0 Å². The van der Waals surface area contributed by atoms with Crippen molar-refractivity contribution in [3.05, 3.63) is 75.6 Å². The van der Waals surface area contributed by atoms with Gasteiger partial charge in [-0.05, 0) is 12.1 Å². The van der Waals surface area contributed by atoms with Gasteiger partial charge in [-0.15, -0.1) is 0 Å². The molecule has 6 nitrogen and oxygen atoms in total. The molecule has 130 valence electrons. The molecule has 3 rings (SSSR count). The Balaban J connectivity index is 2.10. The number of carbonyl (C=O) groups is 1. The summed E-state index contributed by atoms with van der Waals surface area (Å²) in [6, 6.07) is 10.9. The third kappa shape index (κ3) is 2.56. The summed E-state index contributed by atoms with van der Waals surface area (Å²) in [5.74, 6) is -1.29. The number of aliphatic hydroxyl groups is 1. The van der Waals surface area contributed by atoms with Gasteiger partial charge < -0.3 is 10.0 Å². The molecule has 0 radical (unpaired) electrons. The Bertz CT molecular complexity index is 841. The molecule has 0 bridgehead atoms. The fraction of sp³-hybridized carbons (Fsp3) is 0.278. The van der Waals surface area contributed by atoms with Crippen LogP contribution in [0.15, 0.2) is 48.5 Å². The summed E-state index contributed by atoms with van der Waals surface area (Å²) in [5.41, 5.74) is -1.46. The molecular weight excluding hydrogens is 327 g/mol. The zero-order valence-electron chi connectivity index (χ0n) is 13.6. The molecule has 7 heteroatoms. The lowest BCUT2D eigenvalue weighted by Crippen LogP contribution is -2.51. The van der Waals surface area contributed by atoms with Crippen molar-refractivity contribution in [2.24, 2.45) is 0 Å². The SMILES string of the molecule is CCC([N+](=O)[O-])C1(O)C(=O)N(Cc2ccccc2F)c2ccccc21. The van der Waals surface area contributed by atoms with Crippen LogP contribution in [0.4, 0.5) is 10.1 Å². The van der Waals surface area contributed by atoms with E-state index in [0.717, 1.165) is 0 Å². The van der Waals surface area contributed by atoms with Crippen LogP contribution in [0.25, 0.3) is 0 Å². The van der Waals surface area contributed by atoms with E-state index in [0.29, 0.717) is 5.69 Å². The number of amides is 1. The van der Waals surface area contributed by atoms with Crippen LogP contribution in [-0.2, 0) is 16.9 Å². The van der Waals surface area contributed by atoms with Crippen molar-refractivity contribution in [1.29, 1.82) is 0 Å². The first kappa shape index (κ1) is 17.0.